The van der Waals surface area contributed by atoms with Crippen LogP contribution in [0.3, 0.4) is 0 Å². The van der Waals surface area contributed by atoms with Gasteiger partial charge in [0.1, 0.15) is 0 Å². The van der Waals surface area contributed by atoms with Crippen molar-refractivity contribution < 1.29 is 19.4 Å². The summed E-state index contributed by atoms with van der Waals surface area (Å²) in [7, 11) is 0. The van der Waals surface area contributed by atoms with Crippen LogP contribution in [-0.4, -0.2) is 33.4 Å². The van der Waals surface area contributed by atoms with Crippen molar-refractivity contribution in [3.8, 4) is 0 Å². The van der Waals surface area contributed by atoms with Gasteiger partial charge in [-0.1, -0.05) is 0 Å². The summed E-state index contributed by atoms with van der Waals surface area (Å²) in [4.78, 5) is 15.2. The molecule has 0 radical (unpaired) electrons. The average Bonchev–Trinajstić information content (AvgIpc) is 2.86. The summed E-state index contributed by atoms with van der Waals surface area (Å²) in [5, 5.41) is 4.18. The predicted octanol–water partition coefficient (Wildman–Crippen LogP) is 2.50. The van der Waals surface area contributed by atoms with E-state index in [2.05, 4.69) is 32.1 Å². The maximum atomic E-state index is 4.54. The molecule has 0 N–H and O–H groups in total. The number of rotatable bonds is 5. The first kappa shape index (κ1) is 14.3. The second-order valence-electron chi connectivity index (χ2n) is 4.56. The Bertz CT molecular complexity index is 474. The van der Waals surface area contributed by atoms with Crippen LogP contribution < -0.4 is 4.90 Å². The van der Waals surface area contributed by atoms with E-state index in [-0.39, 0.29) is 0 Å². The number of aromatic nitrogens is 2. The van der Waals surface area contributed by atoms with Crippen LogP contribution in [0.5, 0.6) is 0 Å². The number of aryl methyl sites for hydroxylation is 1. The van der Waals surface area contributed by atoms with Gasteiger partial charge in [0, 0.05) is 0 Å². The first-order chi connectivity index (χ1) is 9.24. The van der Waals surface area contributed by atoms with Gasteiger partial charge in [0.15, 0.2) is 0 Å². The Kier molecular flexibility index (Phi) is 5.20. The number of hydrogen-bond acceptors (Lipinski definition) is 4. The fourth-order valence-corrected chi connectivity index (χ4v) is 2.61. The summed E-state index contributed by atoms with van der Waals surface area (Å²) < 4.78 is 1.77. The molecule has 1 fully saturated rings. The standard InChI is InChI=1S/C13H18N5.W/c1-4-11-6-5-7-18(11)12-8-10(2)16-13(17-12)15-9-14-3;/h3,8-9,11H,4-7H2,1-2H3;/q-1;. The zero-order chi connectivity index (χ0) is 13.7. The van der Waals surface area contributed by atoms with E-state index in [9.17, 15) is 0 Å². The molecule has 0 saturated carbocycles. The number of hydrogen-bond donors (Lipinski definition) is 0. The van der Waals surface area contributed by atoms with Crippen LogP contribution in [0.25, 0.3) is 5.32 Å². The van der Waals surface area contributed by atoms with Gasteiger partial charge in [-0.3, -0.25) is 0 Å². The molecule has 0 aromatic carbocycles. The molecule has 19 heavy (non-hydrogen) atoms. The van der Waals surface area contributed by atoms with Crippen LogP contribution in [0.4, 0.5) is 11.8 Å². The van der Waals surface area contributed by atoms with Crippen molar-refractivity contribution in [2.24, 2.45) is 4.99 Å². The van der Waals surface area contributed by atoms with Crippen LogP contribution >= 0.6 is 0 Å². The predicted molar refractivity (Wildman–Crippen MR) is 75.0 cm³/mol. The number of aliphatic imine (C=N–C) groups is 1. The molecule has 5 nitrogen and oxygen atoms in total. The van der Waals surface area contributed by atoms with E-state index in [1.165, 1.54) is 38.5 Å². The molecule has 0 spiro atoms. The van der Waals surface area contributed by atoms with E-state index in [0.717, 1.165) is 24.5 Å². The van der Waals surface area contributed by atoms with Crippen molar-refractivity contribution in [2.45, 2.75) is 39.2 Å². The fraction of sp³-hybridized carbons (Fsp3) is 0.538. The molecule has 1 aliphatic heterocycles. The molecule has 2 heterocycles. The molecule has 0 amide bonds. The molecular formula is C13H18N5W-. The Labute approximate surface area is 125 Å². The number of nitrogens with zero attached hydrogens (tertiary/aromatic N) is 5. The van der Waals surface area contributed by atoms with Gasteiger partial charge in [-0.25, -0.2) is 0 Å². The summed E-state index contributed by atoms with van der Waals surface area (Å²) in [6, 6.07) is 2.64. The van der Waals surface area contributed by atoms with Gasteiger partial charge in [-0.2, -0.15) is 0 Å². The van der Waals surface area contributed by atoms with Crippen molar-refractivity contribution >= 4 is 22.6 Å². The zero-order valence-corrected chi connectivity index (χ0v) is 14.2. The molecule has 0 aliphatic carbocycles. The number of anilines is 1. The van der Waals surface area contributed by atoms with Crippen molar-refractivity contribution in [3.05, 3.63) is 17.1 Å². The monoisotopic (exact) mass is 428 g/mol. The van der Waals surface area contributed by atoms with Crippen LogP contribution in [-0.2, 0) is 19.4 Å². The first-order valence-corrected chi connectivity index (χ1v) is 8.22. The Morgan fingerprint density at radius 2 is 2.42 bits per heavy atom. The molecule has 2 rings (SSSR count). The molecule has 6 heteroatoms. The molecule has 102 valence electrons. The van der Waals surface area contributed by atoms with Crippen LogP contribution in [0.2, 0.25) is 0 Å². The maximum absolute atomic E-state index is 4.54. The van der Waals surface area contributed by atoms with Gasteiger partial charge in [0.2, 0.25) is 0 Å². The molecule has 1 aromatic heterocycles. The minimum absolute atomic E-state index is 0.498. The van der Waals surface area contributed by atoms with E-state index < -0.39 is 0 Å². The third kappa shape index (κ3) is 3.69. The molecule has 1 saturated heterocycles. The normalized spacial score (nSPS) is 19.1. The quantitative estimate of drug-likeness (QED) is 0.535. The van der Waals surface area contributed by atoms with Crippen molar-refractivity contribution in [2.75, 3.05) is 11.4 Å². The van der Waals surface area contributed by atoms with Crippen molar-refractivity contribution in [1.82, 2.24) is 9.97 Å². The fourth-order valence-electron chi connectivity index (χ4n) is 2.42. The Hall–Kier alpha value is -1.09. The van der Waals surface area contributed by atoms with Gasteiger partial charge in [0.05, 0.1) is 0 Å². The molecule has 1 atom stereocenters. The van der Waals surface area contributed by atoms with Crippen LogP contribution in [0, 0.1) is 6.92 Å². The van der Waals surface area contributed by atoms with Crippen LogP contribution in [0.1, 0.15) is 31.9 Å². The van der Waals surface area contributed by atoms with Crippen molar-refractivity contribution in [1.29, 1.82) is 0 Å². The van der Waals surface area contributed by atoms with Gasteiger partial charge < -0.3 is 0 Å². The summed E-state index contributed by atoms with van der Waals surface area (Å²) >= 11 is 1.30. The van der Waals surface area contributed by atoms with Crippen LogP contribution in [0.15, 0.2) is 11.1 Å². The first-order valence-electron chi connectivity index (χ1n) is 6.53. The molecular weight excluding hydrogens is 410 g/mol. The van der Waals surface area contributed by atoms with E-state index in [1.54, 1.807) is 4.52 Å². The third-order valence-corrected chi connectivity index (χ3v) is 3.71. The molecule has 1 unspecified atom stereocenters. The molecule has 1 aromatic rings. The van der Waals surface area contributed by atoms with E-state index in [4.69, 9.17) is 0 Å². The Morgan fingerprint density at radius 1 is 1.58 bits per heavy atom. The van der Waals surface area contributed by atoms with Crippen molar-refractivity contribution in [3.63, 3.8) is 0 Å². The summed E-state index contributed by atoms with van der Waals surface area (Å²) in [6.07, 6.45) is 5.15. The molecule has 0 bridgehead atoms. The van der Waals surface area contributed by atoms with Gasteiger partial charge in [0.25, 0.3) is 0 Å². The third-order valence-electron chi connectivity index (χ3n) is 3.27. The summed E-state index contributed by atoms with van der Waals surface area (Å²) in [5.74, 6) is 1.49. The Balaban J connectivity index is 2.20. The topological polar surface area (TPSA) is 55.5 Å². The van der Waals surface area contributed by atoms with E-state index in [1.807, 2.05) is 13.0 Å². The summed E-state index contributed by atoms with van der Waals surface area (Å²) in [6.45, 7) is 5.29. The second kappa shape index (κ2) is 6.90. The van der Waals surface area contributed by atoms with Gasteiger partial charge in [-0.15, -0.1) is 0 Å². The van der Waals surface area contributed by atoms with Gasteiger partial charge >= 0.3 is 125 Å². The average molecular weight is 428 g/mol. The minimum atomic E-state index is 0.498. The SMILES string of the molecule is CCC1CCCN1c1cc(C)nc([N-]C=N[CH]=[W])n1. The van der Waals surface area contributed by atoms with Gasteiger partial charge in [-0.05, 0) is 0 Å². The summed E-state index contributed by atoms with van der Waals surface area (Å²) in [5.41, 5.74) is 0.949. The van der Waals surface area contributed by atoms with E-state index in [0.29, 0.717) is 12.0 Å². The second-order valence-corrected chi connectivity index (χ2v) is 5.32. The zero-order valence-electron chi connectivity index (χ0n) is 11.3. The Morgan fingerprint density at radius 3 is 3.16 bits per heavy atom. The van der Waals surface area contributed by atoms with E-state index >= 15 is 0 Å². The molecule has 1 aliphatic rings.